The molecule has 0 aromatic rings. The van der Waals surface area contributed by atoms with Crippen molar-refractivity contribution in [1.29, 1.82) is 0 Å². The second-order valence-corrected chi connectivity index (χ2v) is 5.89. The number of hydrogen-bond acceptors (Lipinski definition) is 3. The van der Waals surface area contributed by atoms with Crippen LogP contribution in [-0.2, 0) is 4.74 Å². The van der Waals surface area contributed by atoms with E-state index in [0.29, 0.717) is 13.1 Å². The SMILES string of the molecule is CNC(=O)N(C)C1CCCN(C(=O)OC(C)(C)C)C1. The second-order valence-electron chi connectivity index (χ2n) is 5.89. The largest absolute Gasteiger partial charge is 0.444 e. The average molecular weight is 271 g/mol. The minimum atomic E-state index is -0.489. The summed E-state index contributed by atoms with van der Waals surface area (Å²) in [6.07, 6.45) is 1.48. The predicted molar refractivity (Wildman–Crippen MR) is 73.0 cm³/mol. The quantitative estimate of drug-likeness (QED) is 0.789. The molecule has 6 nitrogen and oxygen atoms in total. The summed E-state index contributed by atoms with van der Waals surface area (Å²) in [6.45, 7) is 6.76. The molecule has 0 spiro atoms. The van der Waals surface area contributed by atoms with Gasteiger partial charge >= 0.3 is 12.1 Å². The molecule has 0 bridgehead atoms. The van der Waals surface area contributed by atoms with Gasteiger partial charge in [0, 0.05) is 27.2 Å². The van der Waals surface area contributed by atoms with Crippen molar-refractivity contribution < 1.29 is 14.3 Å². The maximum absolute atomic E-state index is 12.0. The molecule has 1 rings (SSSR count). The Balaban J connectivity index is 2.59. The van der Waals surface area contributed by atoms with Crippen molar-refractivity contribution in [2.75, 3.05) is 27.2 Å². The lowest BCUT2D eigenvalue weighted by molar-refractivity contribution is 0.0146. The molecule has 1 fully saturated rings. The summed E-state index contributed by atoms with van der Waals surface area (Å²) in [6, 6.07) is -0.0859. The fourth-order valence-electron chi connectivity index (χ4n) is 2.11. The minimum Gasteiger partial charge on any atom is -0.444 e. The van der Waals surface area contributed by atoms with Crippen LogP contribution >= 0.6 is 0 Å². The Morgan fingerprint density at radius 3 is 2.53 bits per heavy atom. The second kappa shape index (κ2) is 6.12. The number of carbonyl (C=O) groups is 2. The van der Waals surface area contributed by atoms with Gasteiger partial charge in [-0.2, -0.15) is 0 Å². The number of nitrogens with zero attached hydrogens (tertiary/aromatic N) is 2. The zero-order valence-electron chi connectivity index (χ0n) is 12.5. The summed E-state index contributed by atoms with van der Waals surface area (Å²) < 4.78 is 5.36. The third kappa shape index (κ3) is 4.61. The highest BCUT2D eigenvalue weighted by molar-refractivity contribution is 5.74. The molecule has 110 valence electrons. The highest BCUT2D eigenvalue weighted by Gasteiger charge is 2.30. The van der Waals surface area contributed by atoms with Gasteiger partial charge in [0.2, 0.25) is 0 Å². The van der Waals surface area contributed by atoms with Crippen LogP contribution in [0.4, 0.5) is 9.59 Å². The highest BCUT2D eigenvalue weighted by atomic mass is 16.6. The zero-order valence-corrected chi connectivity index (χ0v) is 12.5. The third-order valence-corrected chi connectivity index (χ3v) is 3.13. The standard InChI is InChI=1S/C13H25N3O3/c1-13(2,3)19-12(18)16-8-6-7-10(9-16)15(5)11(17)14-4/h10H,6-9H2,1-5H3,(H,14,17). The van der Waals surface area contributed by atoms with Gasteiger partial charge in [0.15, 0.2) is 0 Å². The molecular weight excluding hydrogens is 246 g/mol. The van der Waals surface area contributed by atoms with Crippen LogP contribution in [0, 0.1) is 0 Å². The molecule has 1 unspecified atom stereocenters. The summed E-state index contributed by atoms with van der Waals surface area (Å²) in [5, 5.41) is 2.60. The molecule has 19 heavy (non-hydrogen) atoms. The lowest BCUT2D eigenvalue weighted by atomic mass is 10.1. The van der Waals surface area contributed by atoms with Gasteiger partial charge in [0.05, 0.1) is 6.04 Å². The van der Waals surface area contributed by atoms with Crippen molar-refractivity contribution in [3.05, 3.63) is 0 Å². The highest BCUT2D eigenvalue weighted by Crippen LogP contribution is 2.18. The molecule has 0 radical (unpaired) electrons. The molecule has 1 saturated heterocycles. The maximum atomic E-state index is 12.0. The first-order valence-corrected chi connectivity index (χ1v) is 6.67. The maximum Gasteiger partial charge on any atom is 0.410 e. The number of likely N-dealkylation sites (tertiary alicyclic amines) is 1. The molecule has 1 N–H and O–H groups in total. The van der Waals surface area contributed by atoms with Crippen LogP contribution in [0.2, 0.25) is 0 Å². The Morgan fingerprint density at radius 2 is 2.00 bits per heavy atom. The summed E-state index contributed by atoms with van der Waals surface area (Å²) in [5.41, 5.74) is -0.489. The van der Waals surface area contributed by atoms with Crippen molar-refractivity contribution >= 4 is 12.1 Å². The first-order valence-electron chi connectivity index (χ1n) is 6.67. The van der Waals surface area contributed by atoms with Crippen LogP contribution < -0.4 is 5.32 Å². The van der Waals surface area contributed by atoms with Gasteiger partial charge < -0.3 is 19.9 Å². The number of rotatable bonds is 1. The summed E-state index contributed by atoms with van der Waals surface area (Å²) in [4.78, 5) is 26.9. The third-order valence-electron chi connectivity index (χ3n) is 3.13. The number of amides is 3. The fraction of sp³-hybridized carbons (Fsp3) is 0.846. The van der Waals surface area contributed by atoms with E-state index in [1.54, 1.807) is 23.9 Å². The van der Waals surface area contributed by atoms with Gasteiger partial charge in [0.25, 0.3) is 0 Å². The van der Waals surface area contributed by atoms with Crippen LogP contribution in [0.15, 0.2) is 0 Å². The lowest BCUT2D eigenvalue weighted by Crippen LogP contribution is -2.52. The first-order chi connectivity index (χ1) is 8.74. The van der Waals surface area contributed by atoms with Crippen LogP contribution in [0.25, 0.3) is 0 Å². The molecule has 6 heteroatoms. The molecule has 0 aliphatic carbocycles. The zero-order chi connectivity index (χ0) is 14.6. The van der Waals surface area contributed by atoms with E-state index in [1.165, 1.54) is 0 Å². The molecule has 0 aromatic heterocycles. The van der Waals surface area contributed by atoms with E-state index in [4.69, 9.17) is 4.74 Å². The minimum absolute atomic E-state index is 0.0428. The van der Waals surface area contributed by atoms with Gasteiger partial charge in [-0.1, -0.05) is 0 Å². The first kappa shape index (κ1) is 15.6. The number of piperidine rings is 1. The van der Waals surface area contributed by atoms with Crippen molar-refractivity contribution in [3.8, 4) is 0 Å². The molecule has 0 aromatic carbocycles. The van der Waals surface area contributed by atoms with Crippen molar-refractivity contribution in [2.45, 2.75) is 45.3 Å². The van der Waals surface area contributed by atoms with Gasteiger partial charge in [-0.25, -0.2) is 9.59 Å². The summed E-state index contributed by atoms with van der Waals surface area (Å²) >= 11 is 0. The number of carbonyl (C=O) groups excluding carboxylic acids is 2. The van der Waals surface area contributed by atoms with Gasteiger partial charge in [-0.15, -0.1) is 0 Å². The van der Waals surface area contributed by atoms with Crippen LogP contribution in [0.3, 0.4) is 0 Å². The van der Waals surface area contributed by atoms with E-state index in [0.717, 1.165) is 12.8 Å². The van der Waals surface area contributed by atoms with Crippen LogP contribution in [0.5, 0.6) is 0 Å². The van der Waals surface area contributed by atoms with E-state index >= 15 is 0 Å². The number of nitrogens with one attached hydrogen (secondary N) is 1. The van der Waals surface area contributed by atoms with E-state index in [-0.39, 0.29) is 18.2 Å². The Labute approximate surface area is 115 Å². The monoisotopic (exact) mass is 271 g/mol. The van der Waals surface area contributed by atoms with Crippen LogP contribution in [-0.4, -0.2) is 60.8 Å². The van der Waals surface area contributed by atoms with E-state index in [2.05, 4.69) is 5.32 Å². The predicted octanol–water partition coefficient (Wildman–Crippen LogP) is 1.66. The van der Waals surface area contributed by atoms with Crippen molar-refractivity contribution in [1.82, 2.24) is 15.1 Å². The molecular formula is C13H25N3O3. The van der Waals surface area contributed by atoms with E-state index in [9.17, 15) is 9.59 Å². The summed E-state index contributed by atoms with van der Waals surface area (Å²) in [7, 11) is 3.36. The van der Waals surface area contributed by atoms with Crippen molar-refractivity contribution in [3.63, 3.8) is 0 Å². The molecule has 1 aliphatic heterocycles. The van der Waals surface area contributed by atoms with Gasteiger partial charge in [-0.3, -0.25) is 0 Å². The Bertz CT molecular complexity index is 339. The molecule has 3 amide bonds. The van der Waals surface area contributed by atoms with Crippen LogP contribution in [0.1, 0.15) is 33.6 Å². The van der Waals surface area contributed by atoms with E-state index in [1.807, 2.05) is 20.8 Å². The van der Waals surface area contributed by atoms with Gasteiger partial charge in [-0.05, 0) is 33.6 Å². The molecule has 0 saturated carbocycles. The van der Waals surface area contributed by atoms with Crippen molar-refractivity contribution in [2.24, 2.45) is 0 Å². The number of urea groups is 1. The number of hydrogen-bond donors (Lipinski definition) is 1. The Hall–Kier alpha value is -1.46. The topological polar surface area (TPSA) is 61.9 Å². The fourth-order valence-corrected chi connectivity index (χ4v) is 2.11. The average Bonchev–Trinajstić information content (AvgIpc) is 2.35. The molecule has 1 atom stereocenters. The summed E-state index contributed by atoms with van der Waals surface area (Å²) in [5.74, 6) is 0. The number of likely N-dealkylation sites (N-methyl/N-ethyl adjacent to an activating group) is 1. The molecule has 1 aliphatic rings. The lowest BCUT2D eigenvalue weighted by Gasteiger charge is -2.37. The Kier molecular flexibility index (Phi) is 5.03. The Morgan fingerprint density at radius 1 is 1.37 bits per heavy atom. The molecule has 1 heterocycles. The van der Waals surface area contributed by atoms with Gasteiger partial charge in [0.1, 0.15) is 5.60 Å². The smallest absolute Gasteiger partial charge is 0.410 e. The number of ether oxygens (including phenoxy) is 1. The van der Waals surface area contributed by atoms with E-state index < -0.39 is 5.60 Å². The normalized spacial score (nSPS) is 19.8.